The van der Waals surface area contributed by atoms with Gasteiger partial charge in [0, 0.05) is 6.54 Å². The van der Waals surface area contributed by atoms with E-state index in [4.69, 9.17) is 15.3 Å². The zero-order chi connectivity index (χ0) is 15.2. The molecule has 3 N–H and O–H groups in total. The molecule has 1 aromatic rings. The molecule has 0 unspecified atom stereocenters. The van der Waals surface area contributed by atoms with Crippen molar-refractivity contribution in [1.29, 1.82) is 0 Å². The summed E-state index contributed by atoms with van der Waals surface area (Å²) in [5, 5.41) is 0. The number of rotatable bonds is 5. The van der Waals surface area contributed by atoms with Crippen LogP contribution in [-0.4, -0.2) is 32.8 Å². The average molecular weight is 291 g/mol. The van der Waals surface area contributed by atoms with Crippen molar-refractivity contribution in [3.05, 3.63) is 23.8 Å². The Balaban J connectivity index is 2.73. The van der Waals surface area contributed by atoms with Crippen LogP contribution in [0.3, 0.4) is 0 Å². The molecule has 0 aliphatic heterocycles. The zero-order valence-corrected chi connectivity index (χ0v) is 11.1. The van der Waals surface area contributed by atoms with E-state index >= 15 is 0 Å². The summed E-state index contributed by atoms with van der Waals surface area (Å²) in [6.45, 7) is -0.0471. The van der Waals surface area contributed by atoms with E-state index in [9.17, 15) is 13.2 Å². The van der Waals surface area contributed by atoms with Gasteiger partial charge in [0.15, 0.2) is 11.5 Å². The third kappa shape index (κ3) is 4.30. The number of nitrogens with one attached hydrogen (secondary N) is 1. The van der Waals surface area contributed by atoms with E-state index in [1.807, 2.05) is 0 Å². The number of hydrogen-bond donors (Lipinski definition) is 2. The maximum atomic E-state index is 12.4. The van der Waals surface area contributed by atoms with Gasteiger partial charge in [-0.25, -0.2) is 5.84 Å². The van der Waals surface area contributed by atoms with Gasteiger partial charge in [0.2, 0.25) is 5.84 Å². The maximum absolute atomic E-state index is 12.4. The summed E-state index contributed by atoms with van der Waals surface area (Å²) in [5.74, 6) is 4.66. The van der Waals surface area contributed by atoms with Crippen LogP contribution in [0, 0.1) is 0 Å². The molecule has 0 saturated carbocycles. The van der Waals surface area contributed by atoms with Crippen LogP contribution < -0.4 is 20.7 Å². The number of alkyl halides is 3. The minimum Gasteiger partial charge on any atom is -0.493 e. The number of nitrogens with zero attached hydrogens (tertiary/aromatic N) is 1. The molecule has 5 nitrogen and oxygen atoms in total. The van der Waals surface area contributed by atoms with Gasteiger partial charge in [-0.1, -0.05) is 6.07 Å². The van der Waals surface area contributed by atoms with Gasteiger partial charge in [0.25, 0.3) is 0 Å². The Hall–Kier alpha value is -1.96. The lowest BCUT2D eigenvalue weighted by molar-refractivity contribution is -0.0620. The molecule has 0 aliphatic carbocycles. The second kappa shape index (κ2) is 6.99. The molecule has 0 amide bonds. The second-order valence-corrected chi connectivity index (χ2v) is 3.81. The van der Waals surface area contributed by atoms with Crippen LogP contribution >= 0.6 is 0 Å². The summed E-state index contributed by atoms with van der Waals surface area (Å²) in [4.78, 5) is 3.39. The lowest BCUT2D eigenvalue weighted by Crippen LogP contribution is -2.41. The molecule has 0 atom stereocenters. The van der Waals surface area contributed by atoms with Gasteiger partial charge in [0.05, 0.1) is 14.2 Å². The summed E-state index contributed by atoms with van der Waals surface area (Å²) in [6, 6.07) is 5.11. The van der Waals surface area contributed by atoms with Crippen molar-refractivity contribution >= 4 is 5.84 Å². The number of methoxy groups -OCH3 is 2. The van der Waals surface area contributed by atoms with Crippen LogP contribution in [0.1, 0.15) is 5.56 Å². The van der Waals surface area contributed by atoms with Crippen LogP contribution in [0.15, 0.2) is 23.2 Å². The van der Waals surface area contributed by atoms with E-state index < -0.39 is 12.0 Å². The van der Waals surface area contributed by atoms with Crippen LogP contribution in [-0.2, 0) is 6.42 Å². The Bertz CT molecular complexity index is 476. The molecule has 1 rings (SSSR count). The molecule has 8 heteroatoms. The van der Waals surface area contributed by atoms with Crippen molar-refractivity contribution in [2.45, 2.75) is 12.6 Å². The second-order valence-electron chi connectivity index (χ2n) is 3.81. The number of aliphatic imine (C=N–C) groups is 1. The molecule has 0 fully saturated rings. The van der Waals surface area contributed by atoms with Gasteiger partial charge in [-0.15, -0.1) is 0 Å². The van der Waals surface area contributed by atoms with Crippen LogP contribution in [0.5, 0.6) is 11.5 Å². The summed E-state index contributed by atoms with van der Waals surface area (Å²) < 4.78 is 47.2. The first-order valence-corrected chi connectivity index (χ1v) is 5.71. The van der Waals surface area contributed by atoms with Gasteiger partial charge in [-0.3, -0.25) is 4.99 Å². The van der Waals surface area contributed by atoms with Crippen LogP contribution in [0.4, 0.5) is 13.2 Å². The number of halogens is 3. The monoisotopic (exact) mass is 291 g/mol. The third-order valence-electron chi connectivity index (χ3n) is 2.52. The molecule has 0 bridgehead atoms. The molecule has 0 heterocycles. The Morgan fingerprint density at radius 2 is 1.90 bits per heavy atom. The molecular formula is C12H16F3N3O2. The SMILES string of the molecule is COc1ccc(CCN=C(NN)C(F)(F)F)cc1OC. The normalized spacial score (nSPS) is 12.2. The van der Waals surface area contributed by atoms with Crippen molar-refractivity contribution in [2.24, 2.45) is 10.8 Å². The van der Waals surface area contributed by atoms with Gasteiger partial charge in [-0.05, 0) is 24.1 Å². The Morgan fingerprint density at radius 1 is 1.25 bits per heavy atom. The van der Waals surface area contributed by atoms with Crippen LogP contribution in [0.2, 0.25) is 0 Å². The molecule has 0 aromatic heterocycles. The first kappa shape index (κ1) is 16.1. The highest BCUT2D eigenvalue weighted by molar-refractivity contribution is 5.86. The lowest BCUT2D eigenvalue weighted by atomic mass is 10.1. The van der Waals surface area contributed by atoms with Crippen molar-refractivity contribution in [2.75, 3.05) is 20.8 Å². The molecule has 20 heavy (non-hydrogen) atoms. The smallest absolute Gasteiger partial charge is 0.450 e. The molecular weight excluding hydrogens is 275 g/mol. The number of amidine groups is 1. The number of ether oxygens (including phenoxy) is 2. The number of benzene rings is 1. The third-order valence-corrected chi connectivity index (χ3v) is 2.52. The standard InChI is InChI=1S/C12H16F3N3O2/c1-19-9-4-3-8(7-10(9)20-2)5-6-17-11(18-16)12(13,14)15/h3-4,7H,5-6,16H2,1-2H3,(H,17,18). The largest absolute Gasteiger partial charge is 0.493 e. The Labute approximate surface area is 114 Å². The van der Waals surface area contributed by atoms with Crippen molar-refractivity contribution in [3.8, 4) is 11.5 Å². The van der Waals surface area contributed by atoms with E-state index in [1.165, 1.54) is 14.2 Å². The molecule has 0 saturated heterocycles. The van der Waals surface area contributed by atoms with Gasteiger partial charge < -0.3 is 14.9 Å². The van der Waals surface area contributed by atoms with Crippen LogP contribution in [0.25, 0.3) is 0 Å². The Morgan fingerprint density at radius 3 is 2.40 bits per heavy atom. The highest BCUT2D eigenvalue weighted by atomic mass is 19.4. The fourth-order valence-corrected chi connectivity index (χ4v) is 1.55. The number of hydrogen-bond acceptors (Lipinski definition) is 4. The van der Waals surface area contributed by atoms with Gasteiger partial charge >= 0.3 is 6.18 Å². The highest BCUT2D eigenvalue weighted by Crippen LogP contribution is 2.27. The summed E-state index contributed by atoms with van der Waals surface area (Å²) in [7, 11) is 2.99. The zero-order valence-electron chi connectivity index (χ0n) is 11.1. The minimum absolute atomic E-state index is 0.0471. The minimum atomic E-state index is -4.58. The van der Waals surface area contributed by atoms with E-state index in [1.54, 1.807) is 23.6 Å². The maximum Gasteiger partial charge on any atom is 0.450 e. The van der Waals surface area contributed by atoms with Crippen molar-refractivity contribution in [3.63, 3.8) is 0 Å². The average Bonchev–Trinajstić information content (AvgIpc) is 2.41. The number of nitrogens with two attached hydrogens (primary N) is 1. The quantitative estimate of drug-likeness (QED) is 0.375. The van der Waals surface area contributed by atoms with Gasteiger partial charge in [-0.2, -0.15) is 13.2 Å². The molecule has 112 valence electrons. The lowest BCUT2D eigenvalue weighted by Gasteiger charge is -2.10. The van der Waals surface area contributed by atoms with E-state index in [2.05, 4.69) is 4.99 Å². The predicted molar refractivity (Wildman–Crippen MR) is 68.9 cm³/mol. The van der Waals surface area contributed by atoms with E-state index in [0.29, 0.717) is 17.9 Å². The number of hydrazine groups is 1. The molecule has 0 aliphatic rings. The van der Waals surface area contributed by atoms with Crippen molar-refractivity contribution in [1.82, 2.24) is 5.43 Å². The molecule has 0 radical (unpaired) electrons. The first-order valence-electron chi connectivity index (χ1n) is 5.71. The summed E-state index contributed by atoms with van der Waals surface area (Å²) in [6.07, 6.45) is -4.26. The highest BCUT2D eigenvalue weighted by Gasteiger charge is 2.35. The van der Waals surface area contributed by atoms with Crippen molar-refractivity contribution < 1.29 is 22.6 Å². The summed E-state index contributed by atoms with van der Waals surface area (Å²) in [5.41, 5.74) is 2.33. The predicted octanol–water partition coefficient (Wildman–Crippen LogP) is 1.67. The topological polar surface area (TPSA) is 68.9 Å². The first-order chi connectivity index (χ1) is 9.42. The summed E-state index contributed by atoms with van der Waals surface area (Å²) >= 11 is 0. The van der Waals surface area contributed by atoms with E-state index in [0.717, 1.165) is 5.56 Å². The molecule has 0 spiro atoms. The molecule has 1 aromatic carbocycles. The fourth-order valence-electron chi connectivity index (χ4n) is 1.55. The van der Waals surface area contributed by atoms with Gasteiger partial charge in [0.1, 0.15) is 0 Å². The Kier molecular flexibility index (Phi) is 5.63. The van der Waals surface area contributed by atoms with E-state index in [-0.39, 0.29) is 6.54 Å². The fraction of sp³-hybridized carbons (Fsp3) is 0.417.